The molecule has 1 aromatic carbocycles. The van der Waals surface area contributed by atoms with Crippen molar-refractivity contribution < 1.29 is 14.3 Å². The minimum atomic E-state index is -0.490. The van der Waals surface area contributed by atoms with Gasteiger partial charge in [0.1, 0.15) is 0 Å². The van der Waals surface area contributed by atoms with E-state index < -0.39 is 5.41 Å². The van der Waals surface area contributed by atoms with Gasteiger partial charge in [0.2, 0.25) is 0 Å². The Kier molecular flexibility index (Phi) is 6.47. The fourth-order valence-electron chi connectivity index (χ4n) is 2.00. The van der Waals surface area contributed by atoms with Crippen molar-refractivity contribution in [3.05, 3.63) is 29.8 Å². The summed E-state index contributed by atoms with van der Waals surface area (Å²) >= 11 is 0. The van der Waals surface area contributed by atoms with Gasteiger partial charge in [-0.1, -0.05) is 0 Å². The van der Waals surface area contributed by atoms with E-state index in [4.69, 9.17) is 9.47 Å². The molecule has 0 aliphatic heterocycles. The molecule has 0 unspecified atom stereocenters. The molecule has 0 atom stereocenters. The van der Waals surface area contributed by atoms with E-state index in [9.17, 15) is 4.79 Å². The fourth-order valence-corrected chi connectivity index (χ4v) is 2.00. The number of carbonyl (C=O) groups is 1. The Bertz CT molecular complexity index is 471. The van der Waals surface area contributed by atoms with Crippen LogP contribution in [0.2, 0.25) is 0 Å². The van der Waals surface area contributed by atoms with E-state index in [1.165, 1.54) is 12.7 Å². The molecule has 5 heteroatoms. The zero-order valence-corrected chi connectivity index (χ0v) is 13.4. The summed E-state index contributed by atoms with van der Waals surface area (Å²) in [6.45, 7) is 9.14. The Morgan fingerprint density at radius 2 is 1.90 bits per heavy atom. The summed E-state index contributed by atoms with van der Waals surface area (Å²) < 4.78 is 9.97. The molecule has 0 fully saturated rings. The van der Waals surface area contributed by atoms with Gasteiger partial charge < -0.3 is 0 Å². The molecule has 0 saturated heterocycles. The van der Waals surface area contributed by atoms with Gasteiger partial charge in [-0.15, -0.1) is 0 Å². The normalized spacial score (nSPS) is 10.7. The second-order valence-electron chi connectivity index (χ2n) is 5.63. The predicted molar refractivity (Wildman–Crippen MR) is 86.7 cm³/mol. The quantitative estimate of drug-likeness (QED) is 0.543. The van der Waals surface area contributed by atoms with E-state index in [1.807, 2.05) is 38.1 Å². The third kappa shape index (κ3) is 5.25. The summed E-state index contributed by atoms with van der Waals surface area (Å²) in [6, 6.07) is 7.94. The van der Waals surface area contributed by atoms with Gasteiger partial charge in [-0.2, -0.15) is 0 Å². The third-order valence-electron chi connectivity index (χ3n) is 3.56. The van der Waals surface area contributed by atoms with E-state index in [0.29, 0.717) is 6.42 Å². The van der Waals surface area contributed by atoms with E-state index in [1.54, 1.807) is 14.2 Å². The topological polar surface area (TPSA) is 38.8 Å². The van der Waals surface area contributed by atoms with Crippen LogP contribution in [0.15, 0.2) is 24.3 Å². The SMILES string of the molecule is C=BN(CCC(C)(C)C(=O)OC)Cc1ccc(OC)cc1. The van der Waals surface area contributed by atoms with Crippen LogP contribution in [0.4, 0.5) is 0 Å². The second kappa shape index (κ2) is 7.86. The first-order chi connectivity index (χ1) is 9.92. The standard InChI is InChI=1S/C16H24BNO3/c1-16(2,15(19)21-5)10-11-18(17-3)12-13-6-8-14(20-4)9-7-13/h6-9H,3,10-12H2,1-2,4-5H3. The predicted octanol–water partition coefficient (Wildman–Crippen LogP) is 2.14. The molecule has 4 nitrogen and oxygen atoms in total. The average molecular weight is 289 g/mol. The molecule has 0 aliphatic carbocycles. The molecule has 1 rings (SSSR count). The Balaban J connectivity index is 2.59. The molecule has 0 amide bonds. The monoisotopic (exact) mass is 289 g/mol. The molecule has 0 N–H and O–H groups in total. The Morgan fingerprint density at radius 3 is 2.38 bits per heavy atom. The summed E-state index contributed by atoms with van der Waals surface area (Å²) in [5.41, 5.74) is 0.683. The van der Waals surface area contributed by atoms with Crippen molar-refractivity contribution in [1.82, 2.24) is 4.81 Å². The molecule has 114 valence electrons. The molecule has 0 heterocycles. The molecule has 0 spiro atoms. The van der Waals surface area contributed by atoms with Crippen molar-refractivity contribution in [2.45, 2.75) is 26.8 Å². The number of benzene rings is 1. The molecule has 0 aromatic heterocycles. The van der Waals surface area contributed by atoms with Gasteiger partial charge in [-0.25, -0.2) is 0 Å². The number of esters is 1. The molecule has 0 bridgehead atoms. The van der Waals surface area contributed by atoms with E-state index in [-0.39, 0.29) is 5.97 Å². The summed E-state index contributed by atoms with van der Waals surface area (Å²) in [4.78, 5) is 13.8. The number of methoxy groups -OCH3 is 2. The maximum absolute atomic E-state index is 11.7. The van der Waals surface area contributed by atoms with E-state index in [0.717, 1.165) is 18.8 Å². The number of hydrogen-bond donors (Lipinski definition) is 0. The van der Waals surface area contributed by atoms with Crippen LogP contribution in [0.5, 0.6) is 5.75 Å². The van der Waals surface area contributed by atoms with Gasteiger partial charge in [0.25, 0.3) is 0 Å². The van der Waals surface area contributed by atoms with Gasteiger partial charge in [0.15, 0.2) is 0 Å². The maximum atomic E-state index is 11.7. The van der Waals surface area contributed by atoms with Crippen LogP contribution >= 0.6 is 0 Å². The van der Waals surface area contributed by atoms with Gasteiger partial charge in [0, 0.05) is 0 Å². The van der Waals surface area contributed by atoms with Crippen molar-refractivity contribution in [2.24, 2.45) is 5.41 Å². The number of rotatable bonds is 8. The van der Waals surface area contributed by atoms with E-state index >= 15 is 0 Å². The van der Waals surface area contributed by atoms with E-state index in [2.05, 4.69) is 11.3 Å². The number of carbonyl (C=O) groups excluding carboxylic acids is 1. The second-order valence-corrected chi connectivity index (χ2v) is 5.63. The third-order valence-corrected chi connectivity index (χ3v) is 3.56. The zero-order chi connectivity index (χ0) is 15.9. The van der Waals surface area contributed by atoms with Crippen molar-refractivity contribution in [3.8, 4) is 5.75 Å². The molecular formula is C16H24BNO3. The van der Waals surface area contributed by atoms with Crippen molar-refractivity contribution in [2.75, 3.05) is 20.8 Å². The van der Waals surface area contributed by atoms with Crippen LogP contribution in [0.3, 0.4) is 0 Å². The summed E-state index contributed by atoms with van der Waals surface area (Å²) in [7, 11) is 4.88. The van der Waals surface area contributed by atoms with Crippen LogP contribution in [-0.4, -0.2) is 45.1 Å². The van der Waals surface area contributed by atoms with Crippen LogP contribution in [0.1, 0.15) is 25.8 Å². The van der Waals surface area contributed by atoms with Crippen molar-refractivity contribution in [3.63, 3.8) is 0 Å². The summed E-state index contributed by atoms with van der Waals surface area (Å²) in [5, 5.41) is 0. The molecule has 21 heavy (non-hydrogen) atoms. The van der Waals surface area contributed by atoms with Gasteiger partial charge in [0.05, 0.1) is 0 Å². The van der Waals surface area contributed by atoms with Crippen LogP contribution in [-0.2, 0) is 16.1 Å². The average Bonchev–Trinajstić information content (AvgIpc) is 2.51. The van der Waals surface area contributed by atoms with Gasteiger partial charge in [-0.05, 0) is 0 Å². The zero-order valence-electron chi connectivity index (χ0n) is 13.4. The van der Waals surface area contributed by atoms with Crippen LogP contribution < -0.4 is 4.74 Å². The Hall–Kier alpha value is -1.78. The molecular weight excluding hydrogens is 265 g/mol. The number of ether oxygens (including phenoxy) is 2. The molecule has 0 aliphatic rings. The van der Waals surface area contributed by atoms with Crippen LogP contribution in [0, 0.1) is 5.41 Å². The Labute approximate surface area is 128 Å². The van der Waals surface area contributed by atoms with Crippen molar-refractivity contribution in [1.29, 1.82) is 0 Å². The fraction of sp³-hybridized carbons (Fsp3) is 0.500. The minimum absolute atomic E-state index is 0.184. The summed E-state index contributed by atoms with van der Waals surface area (Å²) in [5.74, 6) is 0.659. The van der Waals surface area contributed by atoms with Crippen molar-refractivity contribution >= 4 is 19.5 Å². The van der Waals surface area contributed by atoms with Gasteiger partial charge in [-0.3, -0.25) is 0 Å². The summed E-state index contributed by atoms with van der Waals surface area (Å²) in [6.07, 6.45) is 0.710. The Morgan fingerprint density at radius 1 is 1.29 bits per heavy atom. The number of hydrogen-bond acceptors (Lipinski definition) is 4. The van der Waals surface area contributed by atoms with Crippen LogP contribution in [0.25, 0.3) is 0 Å². The first-order valence-electron chi connectivity index (χ1n) is 7.01. The first-order valence-corrected chi connectivity index (χ1v) is 7.01. The molecule has 0 saturated carbocycles. The first kappa shape index (κ1) is 17.3. The molecule has 0 radical (unpaired) electrons. The van der Waals surface area contributed by atoms with Gasteiger partial charge >= 0.3 is 127 Å². The molecule has 1 aromatic rings. The number of nitrogens with zero attached hydrogens (tertiary/aromatic N) is 1.